The Kier molecular flexibility index (Phi) is 5.42. The second-order valence-electron chi connectivity index (χ2n) is 3.67. The van der Waals surface area contributed by atoms with Gasteiger partial charge in [-0.2, -0.15) is 4.37 Å². The number of nitrogen functional groups attached to an aromatic ring is 1. The van der Waals surface area contributed by atoms with E-state index in [2.05, 4.69) is 23.5 Å². The quantitative estimate of drug-likeness (QED) is 0.705. The van der Waals surface area contributed by atoms with Crippen LogP contribution >= 0.6 is 11.5 Å². The van der Waals surface area contributed by atoms with Gasteiger partial charge in [-0.15, -0.1) is 0 Å². The zero-order valence-electron chi connectivity index (χ0n) is 9.32. The van der Waals surface area contributed by atoms with Crippen LogP contribution in [0.15, 0.2) is 6.07 Å². The molecule has 0 fully saturated rings. The molecule has 0 unspecified atom stereocenters. The standard InChI is InChI=1S/C10H19N3OS/c1-8(2)14-6-4-3-5-12-10-7-9(11)13-15-10/h7-8,12H,3-6H2,1-2H3,(H2,11,13). The molecule has 0 aliphatic rings. The maximum atomic E-state index is 5.50. The molecule has 0 amide bonds. The van der Waals surface area contributed by atoms with Gasteiger partial charge in [-0.05, 0) is 38.2 Å². The SMILES string of the molecule is CC(C)OCCCCNc1cc(N)ns1. The third kappa shape index (κ3) is 5.59. The molecule has 0 spiro atoms. The van der Waals surface area contributed by atoms with Gasteiger partial charge < -0.3 is 15.8 Å². The second kappa shape index (κ2) is 6.63. The number of ether oxygens (including phenoxy) is 1. The summed E-state index contributed by atoms with van der Waals surface area (Å²) in [4.78, 5) is 0. The summed E-state index contributed by atoms with van der Waals surface area (Å²) in [6.07, 6.45) is 2.52. The van der Waals surface area contributed by atoms with Gasteiger partial charge in [0.1, 0.15) is 10.8 Å². The Hall–Kier alpha value is -0.810. The minimum absolute atomic E-state index is 0.333. The van der Waals surface area contributed by atoms with Gasteiger partial charge in [0.2, 0.25) is 0 Å². The summed E-state index contributed by atoms with van der Waals surface area (Å²) in [5, 5.41) is 4.31. The zero-order chi connectivity index (χ0) is 11.1. The van der Waals surface area contributed by atoms with Crippen molar-refractivity contribution in [1.29, 1.82) is 0 Å². The fourth-order valence-electron chi connectivity index (χ4n) is 1.13. The summed E-state index contributed by atoms with van der Waals surface area (Å²) >= 11 is 1.40. The molecule has 3 N–H and O–H groups in total. The predicted octanol–water partition coefficient (Wildman–Crippen LogP) is 2.34. The van der Waals surface area contributed by atoms with E-state index in [1.807, 2.05) is 6.07 Å². The van der Waals surface area contributed by atoms with Crippen molar-refractivity contribution in [2.45, 2.75) is 32.8 Å². The molecule has 0 bridgehead atoms. The Morgan fingerprint density at radius 1 is 1.53 bits per heavy atom. The van der Waals surface area contributed by atoms with Gasteiger partial charge >= 0.3 is 0 Å². The molecule has 0 saturated heterocycles. The predicted molar refractivity (Wildman–Crippen MR) is 65.3 cm³/mol. The minimum atomic E-state index is 0.333. The smallest absolute Gasteiger partial charge is 0.139 e. The fraction of sp³-hybridized carbons (Fsp3) is 0.700. The molecule has 15 heavy (non-hydrogen) atoms. The highest BCUT2D eigenvalue weighted by molar-refractivity contribution is 7.10. The number of rotatable bonds is 7. The molecule has 86 valence electrons. The van der Waals surface area contributed by atoms with Crippen molar-refractivity contribution < 1.29 is 4.74 Å². The van der Waals surface area contributed by atoms with Crippen molar-refractivity contribution in [2.75, 3.05) is 24.2 Å². The Balaban J connectivity index is 1.98. The molecule has 0 radical (unpaired) electrons. The number of unbranched alkanes of at least 4 members (excludes halogenated alkanes) is 1. The number of nitrogens with two attached hydrogens (primary N) is 1. The Bertz CT molecular complexity index is 275. The maximum absolute atomic E-state index is 5.50. The number of hydrogen-bond acceptors (Lipinski definition) is 5. The first-order chi connectivity index (χ1) is 7.18. The summed E-state index contributed by atoms with van der Waals surface area (Å²) in [7, 11) is 0. The van der Waals surface area contributed by atoms with Crippen LogP contribution < -0.4 is 11.1 Å². The molecule has 1 rings (SSSR count). The number of nitrogens with one attached hydrogen (secondary N) is 1. The van der Waals surface area contributed by atoms with Crippen molar-refractivity contribution in [1.82, 2.24) is 4.37 Å². The highest BCUT2D eigenvalue weighted by atomic mass is 32.1. The summed E-state index contributed by atoms with van der Waals surface area (Å²) in [5.74, 6) is 0.589. The average molecular weight is 229 g/mol. The van der Waals surface area contributed by atoms with Gasteiger partial charge in [0.05, 0.1) is 6.10 Å². The molecule has 0 atom stereocenters. The van der Waals surface area contributed by atoms with Gasteiger partial charge in [-0.3, -0.25) is 0 Å². The lowest BCUT2D eigenvalue weighted by Crippen LogP contribution is -2.06. The molecule has 0 aliphatic carbocycles. The van der Waals surface area contributed by atoms with Crippen LogP contribution in [0.5, 0.6) is 0 Å². The monoisotopic (exact) mass is 229 g/mol. The van der Waals surface area contributed by atoms with E-state index in [0.29, 0.717) is 11.9 Å². The van der Waals surface area contributed by atoms with E-state index < -0.39 is 0 Å². The Morgan fingerprint density at radius 3 is 2.93 bits per heavy atom. The van der Waals surface area contributed by atoms with Crippen molar-refractivity contribution in [2.24, 2.45) is 0 Å². The van der Waals surface area contributed by atoms with Crippen LogP contribution in [-0.2, 0) is 4.74 Å². The number of nitrogens with zero attached hydrogens (tertiary/aromatic N) is 1. The zero-order valence-corrected chi connectivity index (χ0v) is 10.1. The summed E-state index contributed by atoms with van der Waals surface area (Å²) in [5.41, 5.74) is 5.50. The minimum Gasteiger partial charge on any atom is -0.383 e. The molecule has 1 aromatic heterocycles. The van der Waals surface area contributed by atoms with E-state index in [-0.39, 0.29) is 0 Å². The summed E-state index contributed by atoms with van der Waals surface area (Å²) in [6, 6.07) is 1.86. The first kappa shape index (κ1) is 12.3. The normalized spacial score (nSPS) is 10.9. The van der Waals surface area contributed by atoms with Gasteiger partial charge in [0, 0.05) is 19.2 Å². The van der Waals surface area contributed by atoms with E-state index >= 15 is 0 Å². The van der Waals surface area contributed by atoms with Crippen molar-refractivity contribution >= 4 is 22.4 Å². The highest BCUT2D eigenvalue weighted by Gasteiger charge is 1.97. The van der Waals surface area contributed by atoms with E-state index in [0.717, 1.165) is 31.0 Å². The molecule has 4 nitrogen and oxygen atoms in total. The fourth-order valence-corrected chi connectivity index (χ4v) is 1.73. The lowest BCUT2D eigenvalue weighted by Gasteiger charge is -2.07. The molecule has 0 saturated carbocycles. The lowest BCUT2D eigenvalue weighted by atomic mass is 10.3. The topological polar surface area (TPSA) is 60.2 Å². The van der Waals surface area contributed by atoms with Crippen LogP contribution in [0.25, 0.3) is 0 Å². The largest absolute Gasteiger partial charge is 0.383 e. The van der Waals surface area contributed by atoms with Crippen LogP contribution in [0.3, 0.4) is 0 Å². The number of anilines is 2. The molecule has 0 aromatic carbocycles. The van der Waals surface area contributed by atoms with Crippen LogP contribution in [0.4, 0.5) is 10.8 Å². The molecular weight excluding hydrogens is 210 g/mol. The van der Waals surface area contributed by atoms with Crippen molar-refractivity contribution in [3.63, 3.8) is 0 Å². The average Bonchev–Trinajstić information content (AvgIpc) is 2.57. The van der Waals surface area contributed by atoms with E-state index in [4.69, 9.17) is 10.5 Å². The van der Waals surface area contributed by atoms with Gasteiger partial charge in [-0.25, -0.2) is 0 Å². The molecular formula is C10H19N3OS. The number of aromatic nitrogens is 1. The van der Waals surface area contributed by atoms with E-state index in [1.165, 1.54) is 11.5 Å². The summed E-state index contributed by atoms with van der Waals surface area (Å²) < 4.78 is 9.43. The molecule has 1 aromatic rings. The van der Waals surface area contributed by atoms with E-state index in [9.17, 15) is 0 Å². The maximum Gasteiger partial charge on any atom is 0.139 e. The molecule has 1 heterocycles. The third-order valence-corrected chi connectivity index (χ3v) is 2.61. The van der Waals surface area contributed by atoms with Gasteiger partial charge in [0.15, 0.2) is 0 Å². The second-order valence-corrected chi connectivity index (χ2v) is 4.47. The van der Waals surface area contributed by atoms with E-state index in [1.54, 1.807) is 0 Å². The van der Waals surface area contributed by atoms with Crippen molar-refractivity contribution in [3.05, 3.63) is 6.07 Å². The van der Waals surface area contributed by atoms with Crippen LogP contribution in [-0.4, -0.2) is 23.6 Å². The lowest BCUT2D eigenvalue weighted by molar-refractivity contribution is 0.0765. The van der Waals surface area contributed by atoms with Gasteiger partial charge in [-0.1, -0.05) is 0 Å². The Morgan fingerprint density at radius 2 is 2.33 bits per heavy atom. The van der Waals surface area contributed by atoms with Crippen LogP contribution in [0.2, 0.25) is 0 Å². The van der Waals surface area contributed by atoms with Gasteiger partial charge in [0.25, 0.3) is 0 Å². The number of hydrogen-bond donors (Lipinski definition) is 2. The highest BCUT2D eigenvalue weighted by Crippen LogP contribution is 2.17. The van der Waals surface area contributed by atoms with Crippen LogP contribution in [0, 0.1) is 0 Å². The van der Waals surface area contributed by atoms with Crippen molar-refractivity contribution in [3.8, 4) is 0 Å². The first-order valence-electron chi connectivity index (χ1n) is 5.26. The van der Waals surface area contributed by atoms with Crippen LogP contribution in [0.1, 0.15) is 26.7 Å². The third-order valence-electron chi connectivity index (χ3n) is 1.85. The molecule has 5 heteroatoms. The molecule has 0 aliphatic heterocycles. The Labute approximate surface area is 95.0 Å². The first-order valence-corrected chi connectivity index (χ1v) is 6.03. The summed E-state index contributed by atoms with van der Waals surface area (Å²) in [6.45, 7) is 5.89.